The van der Waals surface area contributed by atoms with Gasteiger partial charge in [0.15, 0.2) is 5.96 Å². The van der Waals surface area contributed by atoms with Crippen molar-refractivity contribution in [3.63, 3.8) is 0 Å². The third-order valence-electron chi connectivity index (χ3n) is 6.17. The molecule has 3 atom stereocenters. The summed E-state index contributed by atoms with van der Waals surface area (Å²) >= 11 is 6.68. The molecule has 2 aliphatic rings. The predicted octanol–water partition coefficient (Wildman–Crippen LogP) is 3.82. The first-order valence-corrected chi connectivity index (χ1v) is 11.4. The van der Waals surface area contributed by atoms with Gasteiger partial charge in [-0.3, -0.25) is 19.9 Å². The van der Waals surface area contributed by atoms with Gasteiger partial charge in [0.05, 0.1) is 28.8 Å². The number of hydrogen-bond acceptors (Lipinski definition) is 6. The number of nitrogens with zero attached hydrogens (tertiary/aromatic N) is 3. The van der Waals surface area contributed by atoms with Gasteiger partial charge in [-0.1, -0.05) is 29.8 Å². The Balaban J connectivity index is 0.00000342. The maximum atomic E-state index is 13.2. The minimum Gasteiger partial charge on any atom is -0.378 e. The zero-order chi connectivity index (χ0) is 24.5. The van der Waals surface area contributed by atoms with E-state index in [4.69, 9.17) is 27.0 Å². The number of nitrogens with one attached hydrogen (secondary N) is 3. The van der Waals surface area contributed by atoms with Crippen molar-refractivity contribution < 1.29 is 14.3 Å². The molecule has 2 aliphatic heterocycles. The lowest BCUT2D eigenvalue weighted by Gasteiger charge is -2.45. The Morgan fingerprint density at radius 2 is 2.11 bits per heavy atom. The van der Waals surface area contributed by atoms with Gasteiger partial charge in [0.2, 0.25) is 5.91 Å². The third kappa shape index (κ3) is 5.40. The van der Waals surface area contributed by atoms with E-state index in [0.717, 1.165) is 0 Å². The molecule has 2 aromatic rings. The lowest BCUT2D eigenvalue weighted by atomic mass is 9.85. The van der Waals surface area contributed by atoms with Crippen LogP contribution in [0.1, 0.15) is 54.9 Å². The number of rotatable bonds is 4. The van der Waals surface area contributed by atoms with Crippen molar-refractivity contribution in [2.24, 2.45) is 0 Å². The summed E-state index contributed by atoms with van der Waals surface area (Å²) in [7, 11) is 0. The summed E-state index contributed by atoms with van der Waals surface area (Å²) in [5, 5.41) is 23.8. The Bertz CT molecular complexity index is 1180. The number of guanidine groups is 1. The minimum atomic E-state index is -0.932. The Kier molecular flexibility index (Phi) is 8.00. The molecule has 2 saturated heterocycles. The molecule has 184 valence electrons. The van der Waals surface area contributed by atoms with Crippen molar-refractivity contribution >= 4 is 47.5 Å². The molecule has 3 heterocycles. The van der Waals surface area contributed by atoms with Crippen LogP contribution in [0, 0.1) is 16.7 Å². The van der Waals surface area contributed by atoms with E-state index >= 15 is 0 Å². The summed E-state index contributed by atoms with van der Waals surface area (Å²) in [6, 6.07) is 11.6. The zero-order valence-corrected chi connectivity index (χ0v) is 20.9. The van der Waals surface area contributed by atoms with Gasteiger partial charge in [-0.15, -0.1) is 12.4 Å². The molecular weight excluding hydrogens is 491 g/mol. The molecule has 0 spiro atoms. The number of halogens is 2. The smallest absolute Gasteiger partial charge is 0.274 e. The number of anilines is 1. The first-order valence-electron chi connectivity index (χ1n) is 11.0. The van der Waals surface area contributed by atoms with Gasteiger partial charge in [-0.2, -0.15) is 5.26 Å². The molecular formula is C24H26Cl2N6O3. The molecule has 3 N–H and O–H groups in total. The van der Waals surface area contributed by atoms with Crippen molar-refractivity contribution in [2.45, 2.75) is 50.8 Å². The normalized spacial score (nSPS) is 24.1. The van der Waals surface area contributed by atoms with Crippen LogP contribution in [0.5, 0.6) is 0 Å². The van der Waals surface area contributed by atoms with Crippen molar-refractivity contribution in [3.05, 3.63) is 58.4 Å². The van der Waals surface area contributed by atoms with Crippen LogP contribution in [-0.4, -0.2) is 46.4 Å². The highest BCUT2D eigenvalue weighted by atomic mass is 35.5. The average Bonchev–Trinajstić information content (AvgIpc) is 2.80. The maximum absolute atomic E-state index is 13.2. The zero-order valence-electron chi connectivity index (χ0n) is 19.3. The quantitative estimate of drug-likeness (QED) is 0.565. The van der Waals surface area contributed by atoms with Crippen LogP contribution in [0.2, 0.25) is 5.02 Å². The standard InChI is InChI=1S/C24H25ClN6O3.ClH/c1-14-11-16(9-10-34-14)31-20(32)12-24(2,30-23(31)27)17-6-4-7-18(21(17)25)29-22(33)19-8-3-5-15(13-26)28-19;/h3-8,14,16H,9-12H2,1-2H3,(H2,27,30)(H,29,33);1H/t14-,16-,24+;/m1./s1. The van der Waals surface area contributed by atoms with E-state index in [9.17, 15) is 9.59 Å². The molecule has 11 heteroatoms. The summed E-state index contributed by atoms with van der Waals surface area (Å²) in [6.45, 7) is 4.33. The SMILES string of the molecule is C[C@@H]1C[C@H](N2C(=N)N[C@](C)(c3cccc(NC(=O)c4cccc(C#N)n4)c3Cl)CC2=O)CCO1.Cl. The van der Waals surface area contributed by atoms with Crippen molar-refractivity contribution in [1.29, 1.82) is 10.7 Å². The maximum Gasteiger partial charge on any atom is 0.274 e. The second kappa shape index (κ2) is 10.6. The van der Waals surface area contributed by atoms with E-state index < -0.39 is 11.4 Å². The van der Waals surface area contributed by atoms with E-state index in [1.807, 2.05) is 19.9 Å². The van der Waals surface area contributed by atoms with Gasteiger partial charge in [-0.25, -0.2) is 4.98 Å². The Morgan fingerprint density at radius 1 is 1.37 bits per heavy atom. The highest BCUT2D eigenvalue weighted by Crippen LogP contribution is 2.38. The van der Waals surface area contributed by atoms with Crippen molar-refractivity contribution in [3.8, 4) is 6.07 Å². The van der Waals surface area contributed by atoms with E-state index in [0.29, 0.717) is 30.7 Å². The summed E-state index contributed by atoms with van der Waals surface area (Å²) in [5.41, 5.74) is 0.214. The number of nitriles is 1. The number of carbonyl (C=O) groups is 2. The molecule has 0 aliphatic carbocycles. The number of pyridine rings is 1. The van der Waals surface area contributed by atoms with Crippen LogP contribution in [0.15, 0.2) is 36.4 Å². The predicted molar refractivity (Wildman–Crippen MR) is 134 cm³/mol. The van der Waals surface area contributed by atoms with E-state index in [2.05, 4.69) is 15.6 Å². The van der Waals surface area contributed by atoms with Gasteiger partial charge in [0.1, 0.15) is 17.5 Å². The first kappa shape index (κ1) is 26.4. The Hall–Kier alpha value is -3.19. The second-order valence-corrected chi connectivity index (χ2v) is 9.12. The van der Waals surface area contributed by atoms with Gasteiger partial charge in [-0.05, 0) is 50.5 Å². The number of benzene rings is 1. The van der Waals surface area contributed by atoms with Crippen molar-refractivity contribution in [2.75, 3.05) is 11.9 Å². The van der Waals surface area contributed by atoms with Crippen LogP contribution >= 0.6 is 24.0 Å². The molecule has 35 heavy (non-hydrogen) atoms. The number of ether oxygens (including phenoxy) is 1. The van der Waals surface area contributed by atoms with E-state index in [-0.39, 0.29) is 59.3 Å². The fourth-order valence-electron chi connectivity index (χ4n) is 4.50. The largest absolute Gasteiger partial charge is 0.378 e. The molecule has 1 aromatic heterocycles. The lowest BCUT2D eigenvalue weighted by molar-refractivity contribution is -0.134. The molecule has 1 aromatic carbocycles. The first-order chi connectivity index (χ1) is 16.2. The molecule has 0 saturated carbocycles. The highest BCUT2D eigenvalue weighted by Gasteiger charge is 2.43. The van der Waals surface area contributed by atoms with Gasteiger partial charge in [0.25, 0.3) is 5.91 Å². The summed E-state index contributed by atoms with van der Waals surface area (Å²) in [6.07, 6.45) is 1.49. The van der Waals surface area contributed by atoms with Gasteiger partial charge < -0.3 is 15.4 Å². The molecule has 0 radical (unpaired) electrons. The summed E-state index contributed by atoms with van der Waals surface area (Å²) in [5.74, 6) is -0.643. The summed E-state index contributed by atoms with van der Waals surface area (Å²) in [4.78, 5) is 31.4. The molecule has 2 fully saturated rings. The van der Waals surface area contributed by atoms with Crippen LogP contribution in [0.25, 0.3) is 0 Å². The molecule has 2 amide bonds. The number of carbonyl (C=O) groups excluding carboxylic acids is 2. The molecule has 0 unspecified atom stereocenters. The van der Waals surface area contributed by atoms with Gasteiger partial charge in [0, 0.05) is 12.6 Å². The third-order valence-corrected chi connectivity index (χ3v) is 6.58. The van der Waals surface area contributed by atoms with E-state index in [1.54, 1.807) is 24.3 Å². The van der Waals surface area contributed by atoms with Crippen LogP contribution in [0.3, 0.4) is 0 Å². The fraction of sp³-hybridized carbons (Fsp3) is 0.375. The fourth-order valence-corrected chi connectivity index (χ4v) is 4.88. The van der Waals surface area contributed by atoms with Crippen LogP contribution in [0.4, 0.5) is 5.69 Å². The molecule has 9 nitrogen and oxygen atoms in total. The minimum absolute atomic E-state index is 0. The monoisotopic (exact) mass is 516 g/mol. The number of hydrogen-bond donors (Lipinski definition) is 3. The molecule has 4 rings (SSSR count). The van der Waals surface area contributed by atoms with Crippen LogP contribution < -0.4 is 10.6 Å². The summed E-state index contributed by atoms with van der Waals surface area (Å²) < 4.78 is 5.58. The topological polar surface area (TPSA) is 131 Å². The number of aromatic nitrogens is 1. The van der Waals surface area contributed by atoms with Crippen molar-refractivity contribution in [1.82, 2.24) is 15.2 Å². The van der Waals surface area contributed by atoms with Gasteiger partial charge >= 0.3 is 0 Å². The lowest BCUT2D eigenvalue weighted by Crippen LogP contribution is -2.63. The average molecular weight is 517 g/mol. The van der Waals surface area contributed by atoms with Crippen LogP contribution in [-0.2, 0) is 15.1 Å². The second-order valence-electron chi connectivity index (χ2n) is 8.75. The molecule has 0 bridgehead atoms. The highest BCUT2D eigenvalue weighted by molar-refractivity contribution is 6.35. The number of amides is 2. The van der Waals surface area contributed by atoms with E-state index in [1.165, 1.54) is 17.0 Å². The Morgan fingerprint density at radius 3 is 2.80 bits per heavy atom. The Labute approximate surface area is 214 Å².